The number of aliphatic imine (C=N–C) groups is 1. The number of amides is 2. The predicted molar refractivity (Wildman–Crippen MR) is 91.5 cm³/mol. The average Bonchev–Trinajstić information content (AvgIpc) is 2.83. The molecule has 0 saturated heterocycles. The highest BCUT2D eigenvalue weighted by atomic mass is 16.6. The number of nitrogens with zero attached hydrogens (tertiary/aromatic N) is 1. The fraction of sp³-hybridized carbons (Fsp3) is 0.529. The van der Waals surface area contributed by atoms with Crippen LogP contribution in [0.4, 0.5) is 9.59 Å². The molecule has 1 rings (SSSR count). The largest absolute Gasteiger partial charge is 0.444 e. The molecule has 0 aliphatic heterocycles. The maximum absolute atomic E-state index is 11.9. The molecule has 24 heavy (non-hydrogen) atoms. The van der Waals surface area contributed by atoms with E-state index in [1.807, 2.05) is 25.7 Å². The summed E-state index contributed by atoms with van der Waals surface area (Å²) in [5.74, 6) is 0.921. The molecule has 2 amide bonds. The van der Waals surface area contributed by atoms with Crippen LogP contribution in [0.5, 0.6) is 0 Å². The van der Waals surface area contributed by atoms with E-state index in [1.165, 1.54) is 0 Å². The molecular formula is C17H26N3O4. The molecule has 1 fully saturated rings. The zero-order chi connectivity index (χ0) is 18.4. The highest BCUT2D eigenvalue weighted by Gasteiger charge is 2.22. The number of nitrogens with one attached hydrogen (secondary N) is 2. The molecule has 0 atom stereocenters. The first kappa shape index (κ1) is 20.3. The van der Waals surface area contributed by atoms with E-state index in [1.54, 1.807) is 41.5 Å². The number of guanidine groups is 1. The lowest BCUT2D eigenvalue weighted by Gasteiger charge is -2.22. The standard InChI is InChI=1S/C17H26N3O4/c1-16(2,3)23-14(21)19-13(18-11-12-9-7-8-10-12)20-15(22)24-17(4,5)6/h7-10H,11H2,1-6H3,(H2,18,19,20,21,22). The molecule has 0 bridgehead atoms. The number of ether oxygens (including phenoxy) is 2. The first-order chi connectivity index (χ1) is 10.9. The van der Waals surface area contributed by atoms with Crippen LogP contribution in [-0.2, 0) is 9.47 Å². The molecule has 7 nitrogen and oxygen atoms in total. The van der Waals surface area contributed by atoms with Gasteiger partial charge in [0.25, 0.3) is 0 Å². The number of carbonyl (C=O) groups is 2. The summed E-state index contributed by atoms with van der Waals surface area (Å²) >= 11 is 0. The quantitative estimate of drug-likeness (QED) is 0.599. The van der Waals surface area contributed by atoms with Crippen molar-refractivity contribution in [1.29, 1.82) is 0 Å². The van der Waals surface area contributed by atoms with Crippen LogP contribution in [0.1, 0.15) is 41.5 Å². The van der Waals surface area contributed by atoms with Crippen molar-refractivity contribution in [3.05, 3.63) is 31.6 Å². The third kappa shape index (κ3) is 9.37. The minimum Gasteiger partial charge on any atom is -0.444 e. The van der Waals surface area contributed by atoms with Crippen molar-refractivity contribution >= 4 is 18.1 Å². The summed E-state index contributed by atoms with van der Waals surface area (Å²) in [4.78, 5) is 28.0. The first-order valence-electron chi connectivity index (χ1n) is 7.70. The summed E-state index contributed by atoms with van der Waals surface area (Å²) in [6.07, 6.45) is 6.13. The molecule has 133 valence electrons. The van der Waals surface area contributed by atoms with Gasteiger partial charge in [0.2, 0.25) is 5.96 Å². The molecule has 1 aliphatic carbocycles. The van der Waals surface area contributed by atoms with Gasteiger partial charge in [-0.05, 0) is 67.2 Å². The molecule has 0 aromatic heterocycles. The second-order valence-electron chi connectivity index (χ2n) is 7.21. The van der Waals surface area contributed by atoms with Crippen LogP contribution < -0.4 is 10.6 Å². The van der Waals surface area contributed by atoms with Crippen molar-refractivity contribution < 1.29 is 19.1 Å². The summed E-state index contributed by atoms with van der Waals surface area (Å²) in [5, 5.41) is 4.86. The molecular weight excluding hydrogens is 310 g/mol. The van der Waals surface area contributed by atoms with E-state index in [0.29, 0.717) is 6.54 Å². The smallest absolute Gasteiger partial charge is 0.414 e. The lowest BCUT2D eigenvalue weighted by atomic mass is 10.1. The van der Waals surface area contributed by atoms with Gasteiger partial charge in [-0.2, -0.15) is 0 Å². The summed E-state index contributed by atoms with van der Waals surface area (Å²) in [6.45, 7) is 10.8. The number of hydrogen-bond acceptors (Lipinski definition) is 5. The zero-order valence-electron chi connectivity index (χ0n) is 15.1. The van der Waals surface area contributed by atoms with Crippen molar-refractivity contribution in [2.75, 3.05) is 6.54 Å². The minimum absolute atomic E-state index is 0.0281. The SMILES string of the molecule is CC(C)(C)OC(=O)NC(=NC[C]1[CH][CH][CH][CH]1)NC(=O)OC(C)(C)C. The Labute approximate surface area is 144 Å². The van der Waals surface area contributed by atoms with Crippen LogP contribution in [0.2, 0.25) is 0 Å². The Morgan fingerprint density at radius 3 is 1.71 bits per heavy atom. The normalized spacial score (nSPS) is 15.6. The van der Waals surface area contributed by atoms with E-state index < -0.39 is 23.4 Å². The van der Waals surface area contributed by atoms with E-state index in [9.17, 15) is 9.59 Å². The Hall–Kier alpha value is -1.79. The van der Waals surface area contributed by atoms with Gasteiger partial charge < -0.3 is 9.47 Å². The van der Waals surface area contributed by atoms with Gasteiger partial charge in [0.1, 0.15) is 11.2 Å². The summed E-state index contributed by atoms with van der Waals surface area (Å²) in [7, 11) is 0. The van der Waals surface area contributed by atoms with Crippen LogP contribution in [0.15, 0.2) is 4.99 Å². The van der Waals surface area contributed by atoms with Crippen molar-refractivity contribution in [2.45, 2.75) is 52.7 Å². The Morgan fingerprint density at radius 2 is 1.33 bits per heavy atom. The predicted octanol–water partition coefficient (Wildman–Crippen LogP) is 2.80. The fourth-order valence-corrected chi connectivity index (χ4v) is 1.60. The fourth-order valence-electron chi connectivity index (χ4n) is 1.60. The highest BCUT2D eigenvalue weighted by molar-refractivity contribution is 6.01. The second kappa shape index (κ2) is 8.35. The number of carbonyl (C=O) groups excluding carboxylic acids is 2. The monoisotopic (exact) mass is 336 g/mol. The van der Waals surface area contributed by atoms with Crippen LogP contribution in [0.25, 0.3) is 0 Å². The lowest BCUT2D eigenvalue weighted by molar-refractivity contribution is 0.0545. The van der Waals surface area contributed by atoms with Crippen LogP contribution in [-0.4, -0.2) is 35.9 Å². The van der Waals surface area contributed by atoms with Gasteiger partial charge in [-0.15, -0.1) is 0 Å². The van der Waals surface area contributed by atoms with Gasteiger partial charge >= 0.3 is 12.2 Å². The first-order valence-corrected chi connectivity index (χ1v) is 7.70. The van der Waals surface area contributed by atoms with Crippen molar-refractivity contribution in [1.82, 2.24) is 10.6 Å². The molecule has 7 heteroatoms. The van der Waals surface area contributed by atoms with Crippen LogP contribution in [0, 0.1) is 31.6 Å². The summed E-state index contributed by atoms with van der Waals surface area (Å²) in [5.41, 5.74) is -1.32. The molecule has 0 heterocycles. The van der Waals surface area contributed by atoms with E-state index in [0.717, 1.165) is 5.92 Å². The molecule has 0 unspecified atom stereocenters. The van der Waals surface area contributed by atoms with Gasteiger partial charge in [-0.3, -0.25) is 15.6 Å². The Bertz CT molecular complexity index is 437. The molecule has 1 aliphatic rings. The average molecular weight is 336 g/mol. The summed E-state index contributed by atoms with van der Waals surface area (Å²) < 4.78 is 10.3. The van der Waals surface area contributed by atoms with Gasteiger partial charge in [-0.1, -0.05) is 0 Å². The topological polar surface area (TPSA) is 89.0 Å². The molecule has 0 spiro atoms. The minimum atomic E-state index is -0.709. The molecule has 1 saturated carbocycles. The lowest BCUT2D eigenvalue weighted by Crippen LogP contribution is -2.47. The van der Waals surface area contributed by atoms with E-state index in [-0.39, 0.29) is 5.96 Å². The van der Waals surface area contributed by atoms with Crippen molar-refractivity contribution in [3.8, 4) is 0 Å². The number of alkyl carbamates (subject to hydrolysis) is 2. The van der Waals surface area contributed by atoms with Crippen molar-refractivity contribution in [3.63, 3.8) is 0 Å². The van der Waals surface area contributed by atoms with Crippen LogP contribution in [0.3, 0.4) is 0 Å². The molecule has 2 N–H and O–H groups in total. The van der Waals surface area contributed by atoms with E-state index in [2.05, 4.69) is 15.6 Å². The third-order valence-corrected chi connectivity index (χ3v) is 2.39. The Kier molecular flexibility index (Phi) is 7.05. The van der Waals surface area contributed by atoms with Crippen molar-refractivity contribution in [2.24, 2.45) is 4.99 Å². The Morgan fingerprint density at radius 1 is 0.917 bits per heavy atom. The maximum Gasteiger partial charge on any atom is 0.414 e. The number of hydrogen-bond donors (Lipinski definition) is 2. The highest BCUT2D eigenvalue weighted by Crippen LogP contribution is 2.22. The molecule has 0 aromatic rings. The third-order valence-electron chi connectivity index (χ3n) is 2.39. The van der Waals surface area contributed by atoms with Gasteiger partial charge in [0, 0.05) is 12.5 Å². The molecule has 0 aromatic carbocycles. The van der Waals surface area contributed by atoms with Gasteiger partial charge in [0.05, 0.1) is 0 Å². The molecule has 5 radical (unpaired) electrons. The summed E-state index contributed by atoms with van der Waals surface area (Å²) in [6, 6.07) is 0. The zero-order valence-corrected chi connectivity index (χ0v) is 15.1. The van der Waals surface area contributed by atoms with E-state index >= 15 is 0 Å². The second-order valence-corrected chi connectivity index (χ2v) is 7.21. The number of rotatable bonds is 2. The van der Waals surface area contributed by atoms with Gasteiger partial charge in [0.15, 0.2) is 0 Å². The van der Waals surface area contributed by atoms with Crippen LogP contribution >= 0.6 is 0 Å². The Balaban J connectivity index is 2.68. The maximum atomic E-state index is 11.9. The van der Waals surface area contributed by atoms with Gasteiger partial charge in [-0.25, -0.2) is 9.59 Å². The van der Waals surface area contributed by atoms with E-state index in [4.69, 9.17) is 9.47 Å².